The Bertz CT molecular complexity index is 1380. The van der Waals surface area contributed by atoms with E-state index >= 15 is 0 Å². The maximum absolute atomic E-state index is 12.5. The van der Waals surface area contributed by atoms with E-state index in [1.807, 2.05) is 11.0 Å². The molecule has 5 rings (SSSR count). The third-order valence-corrected chi connectivity index (χ3v) is 7.25. The topological polar surface area (TPSA) is 99.9 Å². The second kappa shape index (κ2) is 10.4. The molecule has 0 atom stereocenters. The number of nitrogens with zero attached hydrogens (tertiary/aromatic N) is 1. The van der Waals surface area contributed by atoms with E-state index < -0.39 is 5.91 Å². The first-order chi connectivity index (χ1) is 17.5. The third kappa shape index (κ3) is 5.20. The van der Waals surface area contributed by atoms with Crippen LogP contribution in [0.4, 0.5) is 0 Å². The van der Waals surface area contributed by atoms with Crippen LogP contribution in [0.2, 0.25) is 0 Å². The highest BCUT2D eigenvalue weighted by Crippen LogP contribution is 2.37. The molecule has 0 spiro atoms. The van der Waals surface area contributed by atoms with Crippen molar-refractivity contribution in [3.05, 3.63) is 87.3 Å². The van der Waals surface area contributed by atoms with Gasteiger partial charge in [-0.3, -0.25) is 14.4 Å². The Labute approximate surface area is 209 Å². The Morgan fingerprint density at radius 2 is 1.89 bits per heavy atom. The normalized spacial score (nSPS) is 18.0. The first-order valence-electron chi connectivity index (χ1n) is 12.6. The van der Waals surface area contributed by atoms with E-state index in [-0.39, 0.29) is 28.4 Å². The zero-order valence-corrected chi connectivity index (χ0v) is 20.2. The number of likely N-dealkylation sites (tertiary alicyclic amines) is 1. The van der Waals surface area contributed by atoms with Crippen molar-refractivity contribution < 1.29 is 19.1 Å². The standard InChI is InChI=1S/C29H30N2O5/c32-22-11-12-24-25(33)17-27(36-26(24)16-22)29(35)30-14-13-19-7-9-20(10-8-19)23-5-2-1-4-21(23)18-31-15-3-6-28(31)34/h1-2,4-5,11-13,16-17,20,32H,3,6-10,14-15,18H2,(H,30,35). The molecule has 2 aromatic carbocycles. The van der Waals surface area contributed by atoms with Gasteiger partial charge in [-0.2, -0.15) is 0 Å². The van der Waals surface area contributed by atoms with E-state index in [0.717, 1.165) is 38.6 Å². The van der Waals surface area contributed by atoms with Crippen LogP contribution >= 0.6 is 0 Å². The van der Waals surface area contributed by atoms with E-state index in [1.165, 1.54) is 41.0 Å². The second-order valence-corrected chi connectivity index (χ2v) is 9.62. The van der Waals surface area contributed by atoms with Crippen LogP contribution in [-0.4, -0.2) is 34.9 Å². The molecule has 3 aromatic rings. The molecule has 7 heteroatoms. The minimum atomic E-state index is -0.465. The van der Waals surface area contributed by atoms with Crippen LogP contribution in [0.3, 0.4) is 0 Å². The number of phenolic OH excluding ortho intramolecular Hbond substituents is 1. The lowest BCUT2D eigenvalue weighted by atomic mass is 9.80. The largest absolute Gasteiger partial charge is 0.508 e. The van der Waals surface area contributed by atoms with Crippen molar-refractivity contribution in [2.24, 2.45) is 0 Å². The number of carbonyl (C=O) groups is 2. The molecule has 0 unspecified atom stereocenters. The number of aromatic hydroxyl groups is 1. The Morgan fingerprint density at radius 1 is 1.08 bits per heavy atom. The average molecular weight is 487 g/mol. The Balaban J connectivity index is 1.17. The van der Waals surface area contributed by atoms with Crippen LogP contribution in [0.1, 0.15) is 66.1 Å². The first kappa shape index (κ1) is 23.9. The molecule has 2 aliphatic rings. The Hall–Kier alpha value is -3.87. The fourth-order valence-electron chi connectivity index (χ4n) is 5.29. The van der Waals surface area contributed by atoms with Gasteiger partial charge in [0.1, 0.15) is 11.3 Å². The highest BCUT2D eigenvalue weighted by Gasteiger charge is 2.24. The molecule has 1 saturated carbocycles. The summed E-state index contributed by atoms with van der Waals surface area (Å²) in [5, 5.41) is 12.7. The Kier molecular flexibility index (Phi) is 6.89. The number of hydrogen-bond donors (Lipinski definition) is 2. The van der Waals surface area contributed by atoms with Crippen molar-refractivity contribution in [3.8, 4) is 5.75 Å². The molecule has 2 heterocycles. The summed E-state index contributed by atoms with van der Waals surface area (Å²) < 4.78 is 5.54. The van der Waals surface area contributed by atoms with Crippen LogP contribution < -0.4 is 10.7 Å². The van der Waals surface area contributed by atoms with Gasteiger partial charge in [-0.25, -0.2) is 0 Å². The molecular formula is C29H30N2O5. The van der Waals surface area contributed by atoms with Gasteiger partial charge in [-0.1, -0.05) is 35.9 Å². The molecule has 7 nitrogen and oxygen atoms in total. The van der Waals surface area contributed by atoms with Crippen LogP contribution in [0.15, 0.2) is 69.4 Å². The van der Waals surface area contributed by atoms with Gasteiger partial charge in [0, 0.05) is 38.2 Å². The zero-order valence-electron chi connectivity index (χ0n) is 20.2. The molecule has 1 aliphatic carbocycles. The van der Waals surface area contributed by atoms with Crippen LogP contribution in [0.25, 0.3) is 11.0 Å². The molecule has 2 amide bonds. The van der Waals surface area contributed by atoms with Gasteiger partial charge < -0.3 is 19.7 Å². The first-order valence-corrected chi connectivity index (χ1v) is 12.6. The van der Waals surface area contributed by atoms with E-state index in [1.54, 1.807) is 0 Å². The van der Waals surface area contributed by atoms with E-state index in [4.69, 9.17) is 4.42 Å². The quantitative estimate of drug-likeness (QED) is 0.495. The third-order valence-electron chi connectivity index (χ3n) is 7.25. The number of rotatable bonds is 6. The molecule has 0 bridgehead atoms. The second-order valence-electron chi connectivity index (χ2n) is 9.62. The lowest BCUT2D eigenvalue weighted by Crippen LogP contribution is -2.25. The molecule has 1 aliphatic heterocycles. The van der Waals surface area contributed by atoms with Crippen LogP contribution in [-0.2, 0) is 11.3 Å². The number of hydrogen-bond acceptors (Lipinski definition) is 5. The van der Waals surface area contributed by atoms with Crippen LogP contribution in [0.5, 0.6) is 5.75 Å². The summed E-state index contributed by atoms with van der Waals surface area (Å²) in [6.07, 6.45) is 7.65. The van der Waals surface area contributed by atoms with Gasteiger partial charge >= 0.3 is 0 Å². The predicted molar refractivity (Wildman–Crippen MR) is 137 cm³/mol. The van der Waals surface area contributed by atoms with Crippen molar-refractivity contribution in [2.75, 3.05) is 13.1 Å². The number of nitrogens with one attached hydrogen (secondary N) is 1. The van der Waals surface area contributed by atoms with E-state index in [2.05, 4.69) is 29.6 Å². The molecule has 1 saturated heterocycles. The number of allylic oxidation sites excluding steroid dienone is 1. The molecule has 36 heavy (non-hydrogen) atoms. The van der Waals surface area contributed by atoms with Gasteiger partial charge in [0.15, 0.2) is 11.2 Å². The fourth-order valence-corrected chi connectivity index (χ4v) is 5.29. The lowest BCUT2D eigenvalue weighted by molar-refractivity contribution is -0.128. The smallest absolute Gasteiger partial charge is 0.287 e. The Morgan fingerprint density at radius 3 is 2.67 bits per heavy atom. The number of fused-ring (bicyclic) bond motifs is 1. The number of phenols is 1. The average Bonchev–Trinajstić information content (AvgIpc) is 3.28. The molecule has 2 N–H and O–H groups in total. The summed E-state index contributed by atoms with van der Waals surface area (Å²) in [4.78, 5) is 38.9. The molecule has 1 aromatic heterocycles. The van der Waals surface area contributed by atoms with Gasteiger partial charge in [0.2, 0.25) is 5.91 Å². The summed E-state index contributed by atoms with van der Waals surface area (Å²) in [6.45, 7) is 1.90. The van der Waals surface area contributed by atoms with Crippen molar-refractivity contribution >= 4 is 22.8 Å². The summed E-state index contributed by atoms with van der Waals surface area (Å²) in [6, 6.07) is 13.9. The summed E-state index contributed by atoms with van der Waals surface area (Å²) in [7, 11) is 0. The zero-order chi connectivity index (χ0) is 25.1. The summed E-state index contributed by atoms with van der Waals surface area (Å²) >= 11 is 0. The summed E-state index contributed by atoms with van der Waals surface area (Å²) in [5.41, 5.74) is 3.76. The van der Waals surface area contributed by atoms with Crippen molar-refractivity contribution in [1.82, 2.24) is 10.2 Å². The SMILES string of the molecule is O=C(NCC=C1CCC(c2ccccc2CN2CCCC2=O)CC1)c1cc(=O)c2ccc(O)cc2o1. The van der Waals surface area contributed by atoms with Gasteiger partial charge in [-0.05, 0) is 61.3 Å². The number of benzene rings is 2. The van der Waals surface area contributed by atoms with E-state index in [0.29, 0.717) is 30.8 Å². The predicted octanol–water partition coefficient (Wildman–Crippen LogP) is 4.64. The number of carbonyl (C=O) groups excluding carboxylic acids is 2. The maximum atomic E-state index is 12.5. The molecule has 0 radical (unpaired) electrons. The highest BCUT2D eigenvalue weighted by molar-refractivity contribution is 5.93. The fraction of sp³-hybridized carbons (Fsp3) is 0.345. The molecular weight excluding hydrogens is 456 g/mol. The van der Waals surface area contributed by atoms with Crippen LogP contribution in [0, 0.1) is 0 Å². The van der Waals surface area contributed by atoms with Crippen molar-refractivity contribution in [1.29, 1.82) is 0 Å². The molecule has 2 fully saturated rings. The number of amides is 2. The lowest BCUT2D eigenvalue weighted by Gasteiger charge is -2.27. The maximum Gasteiger partial charge on any atom is 0.287 e. The molecule has 186 valence electrons. The van der Waals surface area contributed by atoms with E-state index in [9.17, 15) is 19.5 Å². The summed E-state index contributed by atoms with van der Waals surface area (Å²) in [5.74, 6) is 0.146. The van der Waals surface area contributed by atoms with Gasteiger partial charge in [0.25, 0.3) is 5.91 Å². The van der Waals surface area contributed by atoms with Crippen molar-refractivity contribution in [2.45, 2.75) is 51.0 Å². The highest BCUT2D eigenvalue weighted by atomic mass is 16.3. The monoisotopic (exact) mass is 486 g/mol. The minimum absolute atomic E-state index is 0.0318. The van der Waals surface area contributed by atoms with Crippen molar-refractivity contribution in [3.63, 3.8) is 0 Å². The van der Waals surface area contributed by atoms with Gasteiger partial charge in [-0.15, -0.1) is 0 Å². The van der Waals surface area contributed by atoms with Gasteiger partial charge in [0.05, 0.1) is 5.39 Å². The minimum Gasteiger partial charge on any atom is -0.508 e.